The Morgan fingerprint density at radius 1 is 1.27 bits per heavy atom. The maximum absolute atomic E-state index is 13.4. The number of fused-ring (bicyclic) bond motifs is 3. The molecule has 0 radical (unpaired) electrons. The summed E-state index contributed by atoms with van der Waals surface area (Å²) >= 11 is 0. The van der Waals surface area contributed by atoms with Crippen molar-refractivity contribution >= 4 is 16.9 Å². The zero-order chi connectivity index (χ0) is 21.7. The molecule has 162 valence electrons. The SMILES string of the molecule is CCCOC(=O)c1ccc2[nH]c(C)c(CN3C[C@@]4(C)C[C@@H]3CC(C)(C)C4)c(=O)c2c1. The molecule has 2 aromatic rings. The molecule has 2 atom stereocenters. The summed E-state index contributed by atoms with van der Waals surface area (Å²) < 4.78 is 5.25. The maximum Gasteiger partial charge on any atom is 0.338 e. The van der Waals surface area contributed by atoms with E-state index in [1.165, 1.54) is 19.3 Å². The van der Waals surface area contributed by atoms with Crippen LogP contribution in [-0.2, 0) is 11.3 Å². The molecule has 1 aliphatic carbocycles. The lowest BCUT2D eigenvalue weighted by atomic mass is 9.65. The van der Waals surface area contributed by atoms with Crippen molar-refractivity contribution in [3.05, 3.63) is 45.2 Å². The predicted molar refractivity (Wildman–Crippen MR) is 120 cm³/mol. The highest BCUT2D eigenvalue weighted by Gasteiger charge is 2.49. The Labute approximate surface area is 178 Å². The first-order valence-electron chi connectivity index (χ1n) is 11.2. The molecule has 0 spiro atoms. The van der Waals surface area contributed by atoms with Gasteiger partial charge in [0.1, 0.15) is 0 Å². The molecule has 1 aromatic carbocycles. The monoisotopic (exact) mass is 410 g/mol. The van der Waals surface area contributed by atoms with Crippen LogP contribution in [0.3, 0.4) is 0 Å². The number of aromatic nitrogens is 1. The number of hydrogen-bond acceptors (Lipinski definition) is 4. The van der Waals surface area contributed by atoms with Gasteiger partial charge in [0.25, 0.3) is 0 Å². The van der Waals surface area contributed by atoms with Crippen molar-refractivity contribution in [1.29, 1.82) is 0 Å². The molecule has 1 aromatic heterocycles. The molecule has 5 heteroatoms. The van der Waals surface area contributed by atoms with Gasteiger partial charge < -0.3 is 9.72 Å². The van der Waals surface area contributed by atoms with Crippen LogP contribution in [0, 0.1) is 17.8 Å². The van der Waals surface area contributed by atoms with E-state index in [1.54, 1.807) is 12.1 Å². The highest BCUT2D eigenvalue weighted by atomic mass is 16.5. The van der Waals surface area contributed by atoms with Crippen LogP contribution in [0.2, 0.25) is 0 Å². The van der Waals surface area contributed by atoms with Gasteiger partial charge in [-0.15, -0.1) is 0 Å². The van der Waals surface area contributed by atoms with Crippen LogP contribution in [0.25, 0.3) is 10.9 Å². The van der Waals surface area contributed by atoms with E-state index in [1.807, 2.05) is 19.9 Å². The number of benzene rings is 1. The molecule has 5 nitrogen and oxygen atoms in total. The van der Waals surface area contributed by atoms with E-state index in [-0.39, 0.29) is 11.4 Å². The summed E-state index contributed by atoms with van der Waals surface area (Å²) in [5, 5.41) is 0.565. The number of carbonyl (C=O) groups is 1. The number of pyridine rings is 1. The molecule has 2 bridgehead atoms. The number of nitrogens with one attached hydrogen (secondary N) is 1. The number of rotatable bonds is 5. The van der Waals surface area contributed by atoms with Crippen LogP contribution in [0.4, 0.5) is 0 Å². The number of likely N-dealkylation sites (tertiary alicyclic amines) is 1. The summed E-state index contributed by atoms with van der Waals surface area (Å²) in [6.07, 6.45) is 4.41. The Kier molecular flexibility index (Phi) is 5.29. The number of nitrogens with zero attached hydrogens (tertiary/aromatic N) is 1. The van der Waals surface area contributed by atoms with E-state index in [0.29, 0.717) is 41.0 Å². The molecule has 2 aliphatic rings. The quantitative estimate of drug-likeness (QED) is 0.719. The smallest absolute Gasteiger partial charge is 0.338 e. The number of esters is 1. The number of ether oxygens (including phenoxy) is 1. The summed E-state index contributed by atoms with van der Waals surface area (Å²) in [5.74, 6) is -0.372. The molecule has 0 amide bonds. The predicted octanol–water partition coefficient (Wildman–Crippen LogP) is 4.80. The Morgan fingerprint density at radius 2 is 2.03 bits per heavy atom. The number of hydrogen-bond donors (Lipinski definition) is 1. The second-order valence-corrected chi connectivity index (χ2v) is 10.6. The van der Waals surface area contributed by atoms with E-state index in [9.17, 15) is 9.59 Å². The summed E-state index contributed by atoms with van der Waals surface area (Å²) in [7, 11) is 0. The van der Waals surface area contributed by atoms with Gasteiger partial charge in [0.2, 0.25) is 0 Å². The minimum Gasteiger partial charge on any atom is -0.462 e. The van der Waals surface area contributed by atoms with E-state index >= 15 is 0 Å². The van der Waals surface area contributed by atoms with Gasteiger partial charge in [-0.2, -0.15) is 0 Å². The van der Waals surface area contributed by atoms with Gasteiger partial charge >= 0.3 is 5.97 Å². The van der Waals surface area contributed by atoms with Gasteiger partial charge in [0.15, 0.2) is 5.43 Å². The van der Waals surface area contributed by atoms with Gasteiger partial charge in [0.05, 0.1) is 12.2 Å². The number of aromatic amines is 1. The molecule has 30 heavy (non-hydrogen) atoms. The Bertz CT molecular complexity index is 1040. The molecule has 1 saturated carbocycles. The van der Waals surface area contributed by atoms with Crippen molar-refractivity contribution in [2.75, 3.05) is 13.2 Å². The van der Waals surface area contributed by atoms with Crippen LogP contribution < -0.4 is 5.43 Å². The maximum atomic E-state index is 13.4. The first-order valence-corrected chi connectivity index (χ1v) is 11.2. The molecule has 2 fully saturated rings. The standard InChI is InChI=1S/C25H34N2O3/c1-6-9-30-23(29)17-7-8-21-19(10-17)22(28)20(16(2)26-21)13-27-15-25(5)12-18(27)11-24(3,4)14-25/h7-8,10,18H,6,9,11-15H2,1-5H3,(H,26,28)/t18-,25-/m0/s1. The summed E-state index contributed by atoms with van der Waals surface area (Å²) in [4.78, 5) is 31.6. The molecule has 4 rings (SSSR count). The van der Waals surface area contributed by atoms with Crippen molar-refractivity contribution in [2.45, 2.75) is 72.9 Å². The topological polar surface area (TPSA) is 62.4 Å². The molecule has 0 unspecified atom stereocenters. The normalized spacial score (nSPS) is 25.6. The van der Waals surface area contributed by atoms with Crippen molar-refractivity contribution in [3.8, 4) is 0 Å². The fourth-order valence-corrected chi connectivity index (χ4v) is 6.01. The molecule has 1 aliphatic heterocycles. The lowest BCUT2D eigenvalue weighted by Gasteiger charge is -2.40. The van der Waals surface area contributed by atoms with Gasteiger partial charge in [-0.1, -0.05) is 27.7 Å². The van der Waals surface area contributed by atoms with Crippen molar-refractivity contribution in [1.82, 2.24) is 9.88 Å². The first kappa shape index (κ1) is 21.1. The Morgan fingerprint density at radius 3 is 2.77 bits per heavy atom. The van der Waals surface area contributed by atoms with Crippen LogP contribution in [0.5, 0.6) is 0 Å². The zero-order valence-electron chi connectivity index (χ0n) is 18.9. The Hall–Kier alpha value is -2.14. The van der Waals surface area contributed by atoms with Gasteiger partial charge in [0, 0.05) is 41.3 Å². The van der Waals surface area contributed by atoms with Crippen LogP contribution in [0.1, 0.15) is 75.0 Å². The fraction of sp³-hybridized carbons (Fsp3) is 0.600. The number of aryl methyl sites for hydroxylation is 1. The third kappa shape index (κ3) is 3.92. The fourth-order valence-electron chi connectivity index (χ4n) is 6.01. The second kappa shape index (κ2) is 7.52. The van der Waals surface area contributed by atoms with Crippen molar-refractivity contribution in [2.24, 2.45) is 10.8 Å². The molecular weight excluding hydrogens is 376 g/mol. The second-order valence-electron chi connectivity index (χ2n) is 10.6. The van der Waals surface area contributed by atoms with Crippen LogP contribution in [-0.4, -0.2) is 35.0 Å². The number of carbonyl (C=O) groups excluding carboxylic acids is 1. The molecule has 2 heterocycles. The lowest BCUT2D eigenvalue weighted by molar-refractivity contribution is 0.0505. The highest BCUT2D eigenvalue weighted by molar-refractivity contribution is 5.94. The summed E-state index contributed by atoms with van der Waals surface area (Å²) in [6.45, 7) is 13.2. The molecular formula is C25H34N2O3. The van der Waals surface area contributed by atoms with E-state index in [4.69, 9.17) is 4.74 Å². The third-order valence-electron chi connectivity index (χ3n) is 6.87. The molecule has 1 saturated heterocycles. The van der Waals surface area contributed by atoms with E-state index < -0.39 is 0 Å². The largest absolute Gasteiger partial charge is 0.462 e. The van der Waals surface area contributed by atoms with E-state index in [0.717, 1.165) is 29.7 Å². The Balaban J connectivity index is 1.66. The van der Waals surface area contributed by atoms with Gasteiger partial charge in [-0.3, -0.25) is 9.69 Å². The molecule has 1 N–H and O–H groups in total. The number of H-pyrrole nitrogens is 1. The summed E-state index contributed by atoms with van der Waals surface area (Å²) in [6, 6.07) is 5.75. The zero-order valence-corrected chi connectivity index (χ0v) is 18.9. The average Bonchev–Trinajstić information content (AvgIpc) is 2.90. The van der Waals surface area contributed by atoms with Gasteiger partial charge in [-0.05, 0) is 61.6 Å². The summed E-state index contributed by atoms with van der Waals surface area (Å²) in [5.41, 5.74) is 3.64. The third-order valence-corrected chi connectivity index (χ3v) is 6.87. The van der Waals surface area contributed by atoms with Crippen LogP contribution >= 0.6 is 0 Å². The first-order chi connectivity index (χ1) is 14.1. The van der Waals surface area contributed by atoms with Crippen LogP contribution in [0.15, 0.2) is 23.0 Å². The van der Waals surface area contributed by atoms with Crippen molar-refractivity contribution in [3.63, 3.8) is 0 Å². The average molecular weight is 411 g/mol. The van der Waals surface area contributed by atoms with Crippen molar-refractivity contribution < 1.29 is 9.53 Å². The lowest BCUT2D eigenvalue weighted by Crippen LogP contribution is -2.35. The minimum atomic E-state index is -0.372. The highest BCUT2D eigenvalue weighted by Crippen LogP contribution is 2.52. The van der Waals surface area contributed by atoms with E-state index in [2.05, 4.69) is 30.7 Å². The minimum absolute atomic E-state index is 0.0252. The van der Waals surface area contributed by atoms with Gasteiger partial charge in [-0.25, -0.2) is 4.79 Å².